The van der Waals surface area contributed by atoms with E-state index < -0.39 is 0 Å². The first-order chi connectivity index (χ1) is 11.0. The van der Waals surface area contributed by atoms with Crippen LogP contribution >= 0.6 is 0 Å². The van der Waals surface area contributed by atoms with Gasteiger partial charge < -0.3 is 15.1 Å². The van der Waals surface area contributed by atoms with Crippen LogP contribution in [0.2, 0.25) is 0 Å². The predicted molar refractivity (Wildman–Crippen MR) is 92.0 cm³/mol. The molecule has 5 nitrogen and oxygen atoms in total. The fraction of sp³-hybridized carbons (Fsp3) is 0.889. The summed E-state index contributed by atoms with van der Waals surface area (Å²) in [5.74, 6) is 0.937. The van der Waals surface area contributed by atoms with Gasteiger partial charge in [-0.1, -0.05) is 26.2 Å². The molecule has 2 unspecified atom stereocenters. The average Bonchev–Trinajstić information content (AvgIpc) is 3.29. The maximum Gasteiger partial charge on any atom is 0.224 e. The van der Waals surface area contributed by atoms with E-state index >= 15 is 0 Å². The first kappa shape index (κ1) is 18.2. The molecule has 2 aliphatic carbocycles. The lowest BCUT2D eigenvalue weighted by Gasteiger charge is -2.32. The number of amides is 2. The smallest absolute Gasteiger partial charge is 0.224 e. The highest BCUT2D eigenvalue weighted by Crippen LogP contribution is 2.37. The topological polar surface area (TPSA) is 52.7 Å². The minimum absolute atomic E-state index is 0.116. The van der Waals surface area contributed by atoms with E-state index in [0.29, 0.717) is 24.9 Å². The monoisotopic (exact) mass is 323 g/mol. The van der Waals surface area contributed by atoms with Crippen molar-refractivity contribution in [1.82, 2.24) is 15.1 Å². The summed E-state index contributed by atoms with van der Waals surface area (Å²) in [5.41, 5.74) is 0. The summed E-state index contributed by atoms with van der Waals surface area (Å²) >= 11 is 0. The fourth-order valence-electron chi connectivity index (χ4n) is 3.44. The maximum absolute atomic E-state index is 12.1. The number of carbonyl (C=O) groups is 2. The zero-order valence-corrected chi connectivity index (χ0v) is 15.0. The number of hydrogen-bond acceptors (Lipinski definition) is 3. The summed E-state index contributed by atoms with van der Waals surface area (Å²) in [6.07, 6.45) is 8.02. The molecule has 0 heterocycles. The normalized spacial score (nSPS) is 24.5. The molecule has 0 radical (unpaired) electrons. The summed E-state index contributed by atoms with van der Waals surface area (Å²) in [6, 6.07) is 0.687. The number of hydrogen-bond donors (Lipinski definition) is 1. The Kier molecular flexibility index (Phi) is 6.88. The zero-order chi connectivity index (χ0) is 16.8. The lowest BCUT2D eigenvalue weighted by Crippen LogP contribution is -2.41. The number of nitrogens with zero attached hydrogens (tertiary/aromatic N) is 2. The quantitative estimate of drug-likeness (QED) is 0.742. The van der Waals surface area contributed by atoms with Gasteiger partial charge in [-0.05, 0) is 32.2 Å². The second-order valence-electron chi connectivity index (χ2n) is 7.45. The van der Waals surface area contributed by atoms with Gasteiger partial charge in [-0.25, -0.2) is 0 Å². The lowest BCUT2D eigenvalue weighted by atomic mass is 9.94. The van der Waals surface area contributed by atoms with Gasteiger partial charge in [-0.3, -0.25) is 9.59 Å². The van der Waals surface area contributed by atoms with Gasteiger partial charge in [0.15, 0.2) is 0 Å². The van der Waals surface area contributed by atoms with E-state index in [-0.39, 0.29) is 17.7 Å². The molecule has 23 heavy (non-hydrogen) atoms. The summed E-state index contributed by atoms with van der Waals surface area (Å²) in [5, 5.41) is 2.88. The SMILES string of the molecule is CC1CC1C(=O)NCCC(=O)N(C)CCN(C)C1CCCCC1. The van der Waals surface area contributed by atoms with Crippen molar-refractivity contribution in [3.05, 3.63) is 0 Å². The van der Waals surface area contributed by atoms with Gasteiger partial charge in [-0.2, -0.15) is 0 Å². The van der Waals surface area contributed by atoms with Crippen LogP contribution in [0.1, 0.15) is 51.9 Å². The predicted octanol–water partition coefficient (Wildman–Crippen LogP) is 1.87. The molecule has 0 bridgehead atoms. The molecule has 2 saturated carbocycles. The van der Waals surface area contributed by atoms with Crippen molar-refractivity contribution < 1.29 is 9.59 Å². The van der Waals surface area contributed by atoms with Gasteiger partial charge in [-0.15, -0.1) is 0 Å². The molecule has 2 rings (SSSR count). The third kappa shape index (κ3) is 5.79. The molecule has 2 aliphatic rings. The van der Waals surface area contributed by atoms with E-state index in [1.165, 1.54) is 32.1 Å². The van der Waals surface area contributed by atoms with E-state index in [2.05, 4.69) is 24.2 Å². The molecular weight excluding hydrogens is 290 g/mol. The Bertz CT molecular complexity index is 407. The van der Waals surface area contributed by atoms with Crippen molar-refractivity contribution in [2.24, 2.45) is 11.8 Å². The first-order valence-corrected chi connectivity index (χ1v) is 9.21. The molecule has 5 heteroatoms. The van der Waals surface area contributed by atoms with Crippen molar-refractivity contribution in [2.45, 2.75) is 57.9 Å². The number of carbonyl (C=O) groups excluding carboxylic acids is 2. The van der Waals surface area contributed by atoms with Crippen molar-refractivity contribution in [2.75, 3.05) is 33.7 Å². The summed E-state index contributed by atoms with van der Waals surface area (Å²) in [4.78, 5) is 28.0. The molecule has 0 aromatic heterocycles. The second-order valence-corrected chi connectivity index (χ2v) is 7.45. The molecule has 0 aromatic rings. The van der Waals surface area contributed by atoms with Crippen LogP contribution in [0.25, 0.3) is 0 Å². The average molecular weight is 323 g/mol. The van der Waals surface area contributed by atoms with E-state index in [0.717, 1.165) is 19.5 Å². The number of rotatable bonds is 8. The molecule has 2 amide bonds. The van der Waals surface area contributed by atoms with Crippen molar-refractivity contribution in [1.29, 1.82) is 0 Å². The summed E-state index contributed by atoms with van der Waals surface area (Å²) in [6.45, 7) is 4.24. The minimum atomic E-state index is 0.116. The minimum Gasteiger partial charge on any atom is -0.355 e. The molecule has 0 saturated heterocycles. The van der Waals surface area contributed by atoms with E-state index in [1.54, 1.807) is 4.90 Å². The fourth-order valence-corrected chi connectivity index (χ4v) is 3.44. The lowest BCUT2D eigenvalue weighted by molar-refractivity contribution is -0.130. The van der Waals surface area contributed by atoms with Gasteiger partial charge >= 0.3 is 0 Å². The van der Waals surface area contributed by atoms with E-state index in [4.69, 9.17) is 0 Å². The van der Waals surface area contributed by atoms with Crippen LogP contribution < -0.4 is 5.32 Å². The molecule has 2 fully saturated rings. The maximum atomic E-state index is 12.1. The second kappa shape index (κ2) is 8.67. The van der Waals surface area contributed by atoms with Crippen LogP contribution in [0.3, 0.4) is 0 Å². The van der Waals surface area contributed by atoms with Crippen LogP contribution in [-0.2, 0) is 9.59 Å². The van der Waals surface area contributed by atoms with Crippen LogP contribution in [0, 0.1) is 11.8 Å². The van der Waals surface area contributed by atoms with Gasteiger partial charge in [0.2, 0.25) is 11.8 Å². The van der Waals surface area contributed by atoms with Crippen LogP contribution in [0.5, 0.6) is 0 Å². The highest BCUT2D eigenvalue weighted by atomic mass is 16.2. The van der Waals surface area contributed by atoms with Crippen LogP contribution in [-0.4, -0.2) is 61.4 Å². The first-order valence-electron chi connectivity index (χ1n) is 9.21. The van der Waals surface area contributed by atoms with Crippen molar-refractivity contribution >= 4 is 11.8 Å². The highest BCUT2D eigenvalue weighted by molar-refractivity contribution is 5.82. The standard InChI is InChI=1S/C18H33N3O2/c1-14-13-16(14)18(23)19-10-9-17(22)21(3)12-11-20(2)15-7-5-4-6-8-15/h14-16H,4-13H2,1-3H3,(H,19,23). The number of nitrogens with one attached hydrogen (secondary N) is 1. The van der Waals surface area contributed by atoms with Gasteiger partial charge in [0.1, 0.15) is 0 Å². The van der Waals surface area contributed by atoms with Crippen LogP contribution in [0.4, 0.5) is 0 Å². The van der Waals surface area contributed by atoms with Gasteiger partial charge in [0.25, 0.3) is 0 Å². The molecule has 0 aliphatic heterocycles. The Labute approximate surface area is 140 Å². The summed E-state index contributed by atoms with van der Waals surface area (Å²) in [7, 11) is 4.03. The van der Waals surface area contributed by atoms with E-state index in [1.807, 2.05) is 7.05 Å². The molecule has 0 aromatic carbocycles. The largest absolute Gasteiger partial charge is 0.355 e. The Morgan fingerprint density at radius 3 is 2.35 bits per heavy atom. The van der Waals surface area contributed by atoms with Gasteiger partial charge in [0, 0.05) is 45.1 Å². The Morgan fingerprint density at radius 2 is 1.74 bits per heavy atom. The third-order valence-electron chi connectivity index (χ3n) is 5.50. The molecule has 132 valence electrons. The van der Waals surface area contributed by atoms with Crippen LogP contribution in [0.15, 0.2) is 0 Å². The number of likely N-dealkylation sites (N-methyl/N-ethyl adjacent to an activating group) is 2. The van der Waals surface area contributed by atoms with E-state index in [9.17, 15) is 9.59 Å². The van der Waals surface area contributed by atoms with Gasteiger partial charge in [0.05, 0.1) is 0 Å². The Morgan fingerprint density at radius 1 is 1.09 bits per heavy atom. The van der Waals surface area contributed by atoms with Crippen molar-refractivity contribution in [3.8, 4) is 0 Å². The Hall–Kier alpha value is -1.10. The summed E-state index contributed by atoms with van der Waals surface area (Å²) < 4.78 is 0. The zero-order valence-electron chi connectivity index (χ0n) is 15.0. The molecule has 2 atom stereocenters. The highest BCUT2D eigenvalue weighted by Gasteiger charge is 2.38. The van der Waals surface area contributed by atoms with Crippen molar-refractivity contribution in [3.63, 3.8) is 0 Å². The molecular formula is C18H33N3O2. The third-order valence-corrected chi connectivity index (χ3v) is 5.50. The molecule has 1 N–H and O–H groups in total. The molecule has 0 spiro atoms. The Balaban J connectivity index is 1.57.